The zero-order chi connectivity index (χ0) is 18.9. The van der Waals surface area contributed by atoms with E-state index in [9.17, 15) is 9.59 Å². The number of hydrogen-bond donors (Lipinski definition) is 0. The highest BCUT2D eigenvalue weighted by Crippen LogP contribution is 2.28. The fourth-order valence-electron chi connectivity index (χ4n) is 3.08. The van der Waals surface area contributed by atoms with Crippen LogP contribution in [-0.4, -0.2) is 75.7 Å². The second kappa shape index (κ2) is 10.0. The van der Waals surface area contributed by atoms with E-state index in [1.54, 1.807) is 19.1 Å². The van der Waals surface area contributed by atoms with E-state index in [1.165, 1.54) is 7.11 Å². The average molecular weight is 364 g/mol. The average Bonchev–Trinajstić information content (AvgIpc) is 2.92. The van der Waals surface area contributed by atoms with Gasteiger partial charge in [-0.2, -0.15) is 0 Å². The first-order valence-corrected chi connectivity index (χ1v) is 8.84. The molecule has 1 aromatic carbocycles. The van der Waals surface area contributed by atoms with Crippen LogP contribution in [0, 0.1) is 0 Å². The maximum absolute atomic E-state index is 12.5. The molecule has 0 radical (unpaired) electrons. The molecule has 1 aliphatic heterocycles. The van der Waals surface area contributed by atoms with Crippen LogP contribution in [0.3, 0.4) is 0 Å². The molecule has 7 heteroatoms. The Morgan fingerprint density at radius 3 is 2.19 bits per heavy atom. The summed E-state index contributed by atoms with van der Waals surface area (Å²) in [6, 6.07) is 5.70. The summed E-state index contributed by atoms with van der Waals surface area (Å²) in [6.45, 7) is 2.57. The van der Waals surface area contributed by atoms with Gasteiger partial charge < -0.3 is 24.0 Å². The zero-order valence-electron chi connectivity index (χ0n) is 15.8. The van der Waals surface area contributed by atoms with Crippen LogP contribution in [-0.2, 0) is 20.7 Å². The Morgan fingerprint density at radius 1 is 0.923 bits per heavy atom. The maximum Gasteiger partial charge on any atom is 0.248 e. The molecule has 144 valence electrons. The van der Waals surface area contributed by atoms with E-state index in [-0.39, 0.29) is 18.4 Å². The largest absolute Gasteiger partial charge is 0.493 e. The van der Waals surface area contributed by atoms with Crippen LogP contribution in [0.15, 0.2) is 18.2 Å². The van der Waals surface area contributed by atoms with Crippen LogP contribution in [0.1, 0.15) is 18.4 Å². The summed E-state index contributed by atoms with van der Waals surface area (Å²) < 4.78 is 15.4. The molecular formula is C19H28N2O5. The SMILES string of the molecule is COCC(=O)N1CCCN(C(=O)CCc2ccc(OC)c(OC)c2)CC1. The number of carbonyl (C=O) groups excluding carboxylic acids is 2. The molecule has 26 heavy (non-hydrogen) atoms. The highest BCUT2D eigenvalue weighted by Gasteiger charge is 2.21. The molecule has 0 N–H and O–H groups in total. The van der Waals surface area contributed by atoms with Gasteiger partial charge in [0.1, 0.15) is 6.61 Å². The van der Waals surface area contributed by atoms with E-state index in [2.05, 4.69) is 0 Å². The number of methoxy groups -OCH3 is 3. The van der Waals surface area contributed by atoms with E-state index in [1.807, 2.05) is 23.1 Å². The predicted octanol–water partition coefficient (Wildman–Crippen LogP) is 1.34. The molecule has 0 aliphatic carbocycles. The number of nitrogens with zero attached hydrogens (tertiary/aromatic N) is 2. The number of ether oxygens (including phenoxy) is 3. The van der Waals surface area contributed by atoms with Gasteiger partial charge in [0.25, 0.3) is 0 Å². The van der Waals surface area contributed by atoms with Gasteiger partial charge in [-0.25, -0.2) is 0 Å². The Morgan fingerprint density at radius 2 is 1.58 bits per heavy atom. The first kappa shape index (κ1) is 20.0. The zero-order valence-corrected chi connectivity index (χ0v) is 15.8. The molecule has 0 spiro atoms. The molecule has 1 fully saturated rings. The summed E-state index contributed by atoms with van der Waals surface area (Å²) >= 11 is 0. The third-order valence-electron chi connectivity index (χ3n) is 4.54. The van der Waals surface area contributed by atoms with Crippen molar-refractivity contribution in [2.45, 2.75) is 19.3 Å². The van der Waals surface area contributed by atoms with Gasteiger partial charge in [0, 0.05) is 39.7 Å². The minimum Gasteiger partial charge on any atom is -0.493 e. The van der Waals surface area contributed by atoms with E-state index in [0.717, 1.165) is 12.0 Å². The van der Waals surface area contributed by atoms with Crippen LogP contribution in [0.5, 0.6) is 11.5 Å². The van der Waals surface area contributed by atoms with Gasteiger partial charge in [-0.15, -0.1) is 0 Å². The molecule has 0 unspecified atom stereocenters. The second-order valence-corrected chi connectivity index (χ2v) is 6.24. The lowest BCUT2D eigenvalue weighted by Gasteiger charge is -2.22. The van der Waals surface area contributed by atoms with Gasteiger partial charge in [-0.05, 0) is 30.5 Å². The van der Waals surface area contributed by atoms with Crippen molar-refractivity contribution in [3.8, 4) is 11.5 Å². The van der Waals surface area contributed by atoms with Crippen molar-refractivity contribution in [3.63, 3.8) is 0 Å². The van der Waals surface area contributed by atoms with E-state index >= 15 is 0 Å². The number of benzene rings is 1. The summed E-state index contributed by atoms with van der Waals surface area (Å²) in [6.07, 6.45) is 1.86. The molecule has 2 rings (SSSR count). The van der Waals surface area contributed by atoms with Crippen molar-refractivity contribution in [2.75, 3.05) is 54.1 Å². The maximum atomic E-state index is 12.5. The summed E-state index contributed by atoms with van der Waals surface area (Å²) in [5.74, 6) is 1.43. The normalized spacial score (nSPS) is 14.7. The van der Waals surface area contributed by atoms with Gasteiger partial charge in [0.15, 0.2) is 11.5 Å². The molecular weight excluding hydrogens is 336 g/mol. The van der Waals surface area contributed by atoms with Crippen molar-refractivity contribution in [1.29, 1.82) is 0 Å². The number of carbonyl (C=O) groups is 2. The Balaban J connectivity index is 1.87. The molecule has 0 bridgehead atoms. The fourth-order valence-corrected chi connectivity index (χ4v) is 3.08. The predicted molar refractivity (Wildman–Crippen MR) is 97.5 cm³/mol. The number of aryl methyl sites for hydroxylation is 1. The van der Waals surface area contributed by atoms with Crippen molar-refractivity contribution in [3.05, 3.63) is 23.8 Å². The summed E-state index contributed by atoms with van der Waals surface area (Å²) in [4.78, 5) is 28.1. The lowest BCUT2D eigenvalue weighted by Crippen LogP contribution is -2.38. The van der Waals surface area contributed by atoms with E-state index in [0.29, 0.717) is 50.5 Å². The smallest absolute Gasteiger partial charge is 0.248 e. The molecule has 2 amide bonds. The quantitative estimate of drug-likeness (QED) is 0.730. The first-order chi connectivity index (χ1) is 12.6. The summed E-state index contributed by atoms with van der Waals surface area (Å²) in [7, 11) is 4.71. The third-order valence-corrected chi connectivity index (χ3v) is 4.54. The monoisotopic (exact) mass is 364 g/mol. The van der Waals surface area contributed by atoms with Crippen molar-refractivity contribution in [2.24, 2.45) is 0 Å². The molecule has 0 aromatic heterocycles. The van der Waals surface area contributed by atoms with Crippen LogP contribution in [0.4, 0.5) is 0 Å². The highest BCUT2D eigenvalue weighted by atomic mass is 16.5. The van der Waals surface area contributed by atoms with Gasteiger partial charge in [0.05, 0.1) is 14.2 Å². The Bertz CT molecular complexity index is 620. The van der Waals surface area contributed by atoms with Crippen LogP contribution >= 0.6 is 0 Å². The standard InChI is InChI=1S/C19H28N2O5/c1-24-14-19(23)21-10-4-9-20(11-12-21)18(22)8-6-15-5-7-16(25-2)17(13-15)26-3/h5,7,13H,4,6,8-12,14H2,1-3H3. The Hall–Kier alpha value is -2.28. The topological polar surface area (TPSA) is 68.3 Å². The first-order valence-electron chi connectivity index (χ1n) is 8.84. The Labute approximate surface area is 154 Å². The van der Waals surface area contributed by atoms with Gasteiger partial charge >= 0.3 is 0 Å². The minimum absolute atomic E-state index is 0.0212. The molecule has 0 atom stereocenters. The third kappa shape index (κ3) is 5.36. The van der Waals surface area contributed by atoms with Crippen LogP contribution < -0.4 is 9.47 Å². The minimum atomic E-state index is -0.0212. The molecule has 1 aromatic rings. The van der Waals surface area contributed by atoms with Gasteiger partial charge in [0.2, 0.25) is 11.8 Å². The lowest BCUT2D eigenvalue weighted by molar-refractivity contribution is -0.136. The van der Waals surface area contributed by atoms with E-state index < -0.39 is 0 Å². The summed E-state index contributed by atoms with van der Waals surface area (Å²) in [5.41, 5.74) is 1.03. The fraction of sp³-hybridized carbons (Fsp3) is 0.579. The molecule has 0 saturated carbocycles. The number of amides is 2. The molecule has 1 heterocycles. The number of hydrogen-bond acceptors (Lipinski definition) is 5. The molecule has 1 saturated heterocycles. The van der Waals surface area contributed by atoms with E-state index in [4.69, 9.17) is 14.2 Å². The van der Waals surface area contributed by atoms with Crippen molar-refractivity contribution in [1.82, 2.24) is 9.80 Å². The molecule has 7 nitrogen and oxygen atoms in total. The van der Waals surface area contributed by atoms with Crippen molar-refractivity contribution < 1.29 is 23.8 Å². The van der Waals surface area contributed by atoms with Crippen LogP contribution in [0.2, 0.25) is 0 Å². The Kier molecular flexibility index (Phi) is 7.72. The lowest BCUT2D eigenvalue weighted by atomic mass is 10.1. The number of rotatable bonds is 7. The second-order valence-electron chi connectivity index (χ2n) is 6.24. The van der Waals surface area contributed by atoms with Crippen LogP contribution in [0.25, 0.3) is 0 Å². The highest BCUT2D eigenvalue weighted by molar-refractivity contribution is 5.78. The molecule has 1 aliphatic rings. The van der Waals surface area contributed by atoms with Crippen molar-refractivity contribution >= 4 is 11.8 Å². The van der Waals surface area contributed by atoms with Gasteiger partial charge in [-0.1, -0.05) is 6.07 Å². The summed E-state index contributed by atoms with van der Waals surface area (Å²) in [5, 5.41) is 0. The van der Waals surface area contributed by atoms with Gasteiger partial charge in [-0.3, -0.25) is 9.59 Å².